The highest BCUT2D eigenvalue weighted by molar-refractivity contribution is 5.86. The van der Waals surface area contributed by atoms with E-state index in [4.69, 9.17) is 9.47 Å². The number of hydrogen-bond acceptors (Lipinski definition) is 5. The highest BCUT2D eigenvalue weighted by atomic mass is 16.5. The Morgan fingerprint density at radius 3 is 2.30 bits per heavy atom. The van der Waals surface area contributed by atoms with Crippen LogP contribution in [-0.4, -0.2) is 87.2 Å². The summed E-state index contributed by atoms with van der Waals surface area (Å²) in [6.45, 7) is 10.6. The number of nitrogens with zero attached hydrogens (tertiary/aromatic N) is 3. The minimum atomic E-state index is -0.192. The van der Waals surface area contributed by atoms with Crippen LogP contribution in [0.3, 0.4) is 0 Å². The van der Waals surface area contributed by atoms with Crippen molar-refractivity contribution in [2.24, 2.45) is 10.8 Å². The van der Waals surface area contributed by atoms with E-state index < -0.39 is 0 Å². The van der Waals surface area contributed by atoms with Gasteiger partial charge in [0.2, 0.25) is 5.91 Å². The standard InChI is InChI=1S/C24H37N3O3/c1-4-27-14-11-24(22(27)28)19-26(15-16-29-2)18-23(24)9-12-25(13-10-23)17-20-5-7-21(30-3)8-6-20/h5-8H,4,9-19H2,1-3H3. The molecule has 0 aromatic heterocycles. The number of carbonyl (C=O) groups excluding carboxylic acids is 1. The zero-order chi connectivity index (χ0) is 21.2. The maximum Gasteiger partial charge on any atom is 0.230 e. The Labute approximate surface area is 181 Å². The van der Waals surface area contributed by atoms with Crippen LogP contribution in [0, 0.1) is 10.8 Å². The molecule has 30 heavy (non-hydrogen) atoms. The second kappa shape index (κ2) is 8.85. The summed E-state index contributed by atoms with van der Waals surface area (Å²) in [7, 11) is 3.47. The topological polar surface area (TPSA) is 45.2 Å². The van der Waals surface area contributed by atoms with Gasteiger partial charge in [0.05, 0.1) is 19.1 Å². The van der Waals surface area contributed by atoms with Crippen molar-refractivity contribution in [1.29, 1.82) is 0 Å². The zero-order valence-electron chi connectivity index (χ0n) is 18.9. The first-order valence-corrected chi connectivity index (χ1v) is 11.4. The number of methoxy groups -OCH3 is 2. The van der Waals surface area contributed by atoms with Gasteiger partial charge in [-0.25, -0.2) is 0 Å². The number of benzene rings is 1. The molecule has 3 aliphatic heterocycles. The molecule has 0 radical (unpaired) electrons. The van der Waals surface area contributed by atoms with E-state index in [-0.39, 0.29) is 10.8 Å². The van der Waals surface area contributed by atoms with Crippen molar-refractivity contribution in [3.05, 3.63) is 29.8 Å². The molecule has 6 nitrogen and oxygen atoms in total. The van der Waals surface area contributed by atoms with Crippen molar-refractivity contribution in [3.8, 4) is 5.75 Å². The summed E-state index contributed by atoms with van der Waals surface area (Å²) in [6, 6.07) is 8.40. The van der Waals surface area contributed by atoms with Crippen LogP contribution in [0.25, 0.3) is 0 Å². The second-order valence-electron chi connectivity index (χ2n) is 9.32. The van der Waals surface area contributed by atoms with Gasteiger partial charge in [0.25, 0.3) is 0 Å². The van der Waals surface area contributed by atoms with Crippen LogP contribution in [0.1, 0.15) is 31.7 Å². The molecule has 1 atom stereocenters. The second-order valence-corrected chi connectivity index (χ2v) is 9.32. The Hall–Kier alpha value is -1.63. The van der Waals surface area contributed by atoms with Gasteiger partial charge in [-0.1, -0.05) is 12.1 Å². The van der Waals surface area contributed by atoms with Gasteiger partial charge in [-0.2, -0.15) is 0 Å². The Balaban J connectivity index is 1.47. The van der Waals surface area contributed by atoms with E-state index in [1.165, 1.54) is 5.56 Å². The van der Waals surface area contributed by atoms with E-state index in [1.807, 2.05) is 12.1 Å². The van der Waals surface area contributed by atoms with Crippen molar-refractivity contribution in [2.75, 3.05) is 66.6 Å². The Bertz CT molecular complexity index is 730. The van der Waals surface area contributed by atoms with Crippen LogP contribution in [0.2, 0.25) is 0 Å². The lowest BCUT2D eigenvalue weighted by Gasteiger charge is -2.47. The predicted octanol–water partition coefficient (Wildman–Crippen LogP) is 2.48. The number of rotatable bonds is 7. The van der Waals surface area contributed by atoms with Crippen LogP contribution in [0.4, 0.5) is 0 Å². The predicted molar refractivity (Wildman–Crippen MR) is 118 cm³/mol. The number of ether oxygens (including phenoxy) is 2. The Morgan fingerprint density at radius 1 is 0.967 bits per heavy atom. The molecular weight excluding hydrogens is 378 g/mol. The summed E-state index contributed by atoms with van der Waals surface area (Å²) < 4.78 is 10.6. The lowest BCUT2D eigenvalue weighted by atomic mass is 9.60. The number of carbonyl (C=O) groups is 1. The lowest BCUT2D eigenvalue weighted by molar-refractivity contribution is -0.142. The van der Waals surface area contributed by atoms with E-state index in [0.717, 1.165) is 84.0 Å². The van der Waals surface area contributed by atoms with E-state index in [1.54, 1.807) is 14.2 Å². The van der Waals surface area contributed by atoms with E-state index in [9.17, 15) is 4.79 Å². The van der Waals surface area contributed by atoms with Crippen molar-refractivity contribution >= 4 is 5.91 Å². The molecule has 3 fully saturated rings. The molecule has 2 spiro atoms. The Kier molecular flexibility index (Phi) is 6.37. The van der Waals surface area contributed by atoms with Crippen molar-refractivity contribution in [1.82, 2.24) is 14.7 Å². The molecule has 6 heteroatoms. The average Bonchev–Trinajstić information content (AvgIpc) is 3.26. The van der Waals surface area contributed by atoms with Crippen LogP contribution >= 0.6 is 0 Å². The summed E-state index contributed by atoms with van der Waals surface area (Å²) in [5.41, 5.74) is 1.24. The molecule has 3 saturated heterocycles. The fourth-order valence-corrected chi connectivity index (χ4v) is 6.11. The molecule has 1 amide bonds. The molecule has 0 N–H and O–H groups in total. The quantitative estimate of drug-likeness (QED) is 0.685. The average molecular weight is 416 g/mol. The normalized spacial score (nSPS) is 26.9. The molecule has 0 bridgehead atoms. The summed E-state index contributed by atoms with van der Waals surface area (Å²) in [4.78, 5) is 20.7. The number of fused-ring (bicyclic) bond motifs is 1. The van der Waals surface area contributed by atoms with Crippen LogP contribution in [0.5, 0.6) is 5.75 Å². The molecule has 3 heterocycles. The Morgan fingerprint density at radius 2 is 1.70 bits per heavy atom. The van der Waals surface area contributed by atoms with Gasteiger partial charge < -0.3 is 14.4 Å². The van der Waals surface area contributed by atoms with Gasteiger partial charge in [0.15, 0.2) is 0 Å². The number of hydrogen-bond donors (Lipinski definition) is 0. The van der Waals surface area contributed by atoms with Gasteiger partial charge in [-0.15, -0.1) is 0 Å². The molecule has 1 unspecified atom stereocenters. The van der Waals surface area contributed by atoms with Gasteiger partial charge in [0, 0.05) is 51.8 Å². The lowest BCUT2D eigenvalue weighted by Crippen LogP contribution is -2.52. The fourth-order valence-electron chi connectivity index (χ4n) is 6.11. The summed E-state index contributed by atoms with van der Waals surface area (Å²) in [5.74, 6) is 1.31. The molecular formula is C24H37N3O3. The molecule has 1 aromatic carbocycles. The maximum atomic E-state index is 13.5. The van der Waals surface area contributed by atoms with Crippen molar-refractivity contribution in [3.63, 3.8) is 0 Å². The third kappa shape index (κ3) is 3.74. The third-order valence-corrected chi connectivity index (χ3v) is 7.91. The third-order valence-electron chi connectivity index (χ3n) is 7.91. The van der Waals surface area contributed by atoms with Gasteiger partial charge in [-0.05, 0) is 57.0 Å². The van der Waals surface area contributed by atoms with E-state index in [2.05, 4.69) is 33.8 Å². The summed E-state index contributed by atoms with van der Waals surface area (Å²) in [6.07, 6.45) is 3.23. The fraction of sp³-hybridized carbons (Fsp3) is 0.708. The van der Waals surface area contributed by atoms with Gasteiger partial charge in [-0.3, -0.25) is 14.6 Å². The van der Waals surface area contributed by atoms with E-state index in [0.29, 0.717) is 5.91 Å². The number of amides is 1. The minimum absolute atomic E-state index is 0.109. The van der Waals surface area contributed by atoms with Crippen LogP contribution in [-0.2, 0) is 16.1 Å². The molecule has 0 aliphatic carbocycles. The highest BCUT2D eigenvalue weighted by Gasteiger charge is 2.64. The summed E-state index contributed by atoms with van der Waals surface area (Å²) in [5, 5.41) is 0. The first-order chi connectivity index (χ1) is 14.6. The molecule has 4 rings (SSSR count). The largest absolute Gasteiger partial charge is 0.497 e. The summed E-state index contributed by atoms with van der Waals surface area (Å²) >= 11 is 0. The SMILES string of the molecule is CCN1CCC2(CN(CCOC)CC23CCN(Cc2ccc(OC)cc2)CC3)C1=O. The van der Waals surface area contributed by atoms with Crippen LogP contribution in [0.15, 0.2) is 24.3 Å². The van der Waals surface area contributed by atoms with Crippen LogP contribution < -0.4 is 4.74 Å². The molecule has 0 saturated carbocycles. The van der Waals surface area contributed by atoms with Gasteiger partial charge >= 0.3 is 0 Å². The molecule has 1 aromatic rings. The molecule has 166 valence electrons. The molecule has 3 aliphatic rings. The number of piperidine rings is 1. The highest BCUT2D eigenvalue weighted by Crippen LogP contribution is 2.57. The monoisotopic (exact) mass is 415 g/mol. The van der Waals surface area contributed by atoms with Crippen molar-refractivity contribution in [2.45, 2.75) is 32.7 Å². The number of likely N-dealkylation sites (tertiary alicyclic amines) is 3. The van der Waals surface area contributed by atoms with E-state index >= 15 is 0 Å². The van der Waals surface area contributed by atoms with Crippen molar-refractivity contribution < 1.29 is 14.3 Å². The van der Waals surface area contributed by atoms with Gasteiger partial charge in [0.1, 0.15) is 5.75 Å². The smallest absolute Gasteiger partial charge is 0.230 e. The maximum absolute atomic E-state index is 13.5. The minimum Gasteiger partial charge on any atom is -0.497 e. The first kappa shape index (κ1) is 21.6. The zero-order valence-corrected chi connectivity index (χ0v) is 18.9. The first-order valence-electron chi connectivity index (χ1n) is 11.4.